The number of alkyl halides is 7. The Hall–Kier alpha value is -1.66. The molecule has 1 N–H and O–H groups in total. The topological polar surface area (TPSA) is 20.2 Å². The lowest BCUT2D eigenvalue weighted by Gasteiger charge is -2.34. The third kappa shape index (κ3) is 3.37. The molecule has 0 aliphatic rings. The van der Waals surface area contributed by atoms with Gasteiger partial charge in [0.1, 0.15) is 0 Å². The van der Waals surface area contributed by atoms with Crippen LogP contribution in [0.1, 0.15) is 18.9 Å². The average Bonchev–Trinajstić information content (AvgIpc) is 2.40. The highest BCUT2D eigenvalue weighted by atomic mass is 19.4. The zero-order valence-corrected chi connectivity index (χ0v) is 11.7. The number of rotatable bonds is 4. The summed E-state index contributed by atoms with van der Waals surface area (Å²) in [5.74, 6) is -26.8. The van der Waals surface area contributed by atoms with Gasteiger partial charge in [-0.3, -0.25) is 0 Å². The average molecular weight is 394 g/mol. The molecule has 13 heteroatoms. The van der Waals surface area contributed by atoms with Gasteiger partial charge in [0.05, 0.1) is 17.6 Å². The second-order valence-corrected chi connectivity index (χ2v) is 5.17. The summed E-state index contributed by atoms with van der Waals surface area (Å²) in [6.07, 6.45) is -9.81. The molecule has 0 aromatic heterocycles. The number of aliphatic hydroxyl groups is 1. The van der Waals surface area contributed by atoms with Gasteiger partial charge in [-0.25, -0.2) is 22.0 Å². The fourth-order valence-electron chi connectivity index (χ4n) is 1.92. The van der Waals surface area contributed by atoms with E-state index >= 15 is 0 Å². The van der Waals surface area contributed by atoms with Crippen molar-refractivity contribution in [3.05, 3.63) is 34.6 Å². The van der Waals surface area contributed by atoms with E-state index in [-0.39, 0.29) is 6.92 Å². The maximum absolute atomic E-state index is 13.5. The van der Waals surface area contributed by atoms with Gasteiger partial charge in [0, 0.05) is 0 Å². The molecule has 0 amide bonds. The maximum atomic E-state index is 13.5. The smallest absolute Gasteiger partial charge is 0.385 e. The van der Waals surface area contributed by atoms with Crippen LogP contribution >= 0.6 is 0 Å². The first-order valence-electron chi connectivity index (χ1n) is 5.95. The van der Waals surface area contributed by atoms with Crippen molar-refractivity contribution in [2.24, 2.45) is 0 Å². The molecule has 1 aromatic carbocycles. The Morgan fingerprint density at radius 2 is 1.00 bits per heavy atom. The van der Waals surface area contributed by atoms with Crippen LogP contribution in [0.2, 0.25) is 0 Å². The molecule has 0 spiro atoms. The van der Waals surface area contributed by atoms with Gasteiger partial charge in [0.2, 0.25) is 5.82 Å². The Balaban J connectivity index is 3.51. The van der Waals surface area contributed by atoms with Gasteiger partial charge in [-0.2, -0.15) is 30.7 Å². The molecule has 1 aromatic rings. The molecule has 0 aliphatic heterocycles. The second kappa shape index (κ2) is 5.95. The molecule has 1 rings (SSSR count). The Kier molecular flexibility index (Phi) is 5.09. The van der Waals surface area contributed by atoms with Crippen LogP contribution in [0, 0.1) is 29.1 Å². The first kappa shape index (κ1) is 21.4. The van der Waals surface area contributed by atoms with Gasteiger partial charge in [-0.1, -0.05) is 0 Å². The Morgan fingerprint density at radius 1 is 0.680 bits per heavy atom. The minimum absolute atomic E-state index is 0.106. The summed E-state index contributed by atoms with van der Waals surface area (Å²) in [4.78, 5) is 0. The highest BCUT2D eigenvalue weighted by molar-refractivity contribution is 5.29. The van der Waals surface area contributed by atoms with Crippen molar-refractivity contribution in [2.75, 3.05) is 0 Å². The van der Waals surface area contributed by atoms with Crippen LogP contribution in [-0.2, 0) is 5.60 Å². The van der Waals surface area contributed by atoms with Crippen molar-refractivity contribution in [1.29, 1.82) is 0 Å². The lowest BCUT2D eigenvalue weighted by atomic mass is 9.86. The number of benzene rings is 1. The number of halogens is 12. The molecule has 144 valence electrons. The van der Waals surface area contributed by atoms with E-state index in [2.05, 4.69) is 0 Å². The summed E-state index contributed by atoms with van der Waals surface area (Å²) in [7, 11) is 0. The molecule has 0 heterocycles. The van der Waals surface area contributed by atoms with Crippen LogP contribution < -0.4 is 0 Å². The summed E-state index contributed by atoms with van der Waals surface area (Å²) < 4.78 is 154. The van der Waals surface area contributed by atoms with Gasteiger partial charge < -0.3 is 5.11 Å². The quantitative estimate of drug-likeness (QED) is 0.442. The van der Waals surface area contributed by atoms with Crippen LogP contribution in [0.4, 0.5) is 52.7 Å². The highest BCUT2D eigenvalue weighted by Gasteiger charge is 2.73. The Bertz CT molecular complexity index is 647. The van der Waals surface area contributed by atoms with Crippen molar-refractivity contribution in [2.45, 2.75) is 37.0 Å². The minimum Gasteiger partial charge on any atom is -0.385 e. The van der Waals surface area contributed by atoms with E-state index < -0.39 is 64.7 Å². The lowest BCUT2D eigenvalue weighted by Crippen LogP contribution is -2.54. The summed E-state index contributed by atoms with van der Waals surface area (Å²) in [6, 6.07) is 0. The molecule has 0 saturated heterocycles. The molecular weight excluding hydrogens is 388 g/mol. The van der Waals surface area contributed by atoms with Crippen molar-refractivity contribution in [3.63, 3.8) is 0 Å². The summed E-state index contributed by atoms with van der Waals surface area (Å²) in [5.41, 5.74) is -6.34. The molecule has 0 radical (unpaired) electrons. The van der Waals surface area contributed by atoms with E-state index in [4.69, 9.17) is 0 Å². The highest BCUT2D eigenvalue weighted by Crippen LogP contribution is 2.51. The van der Waals surface area contributed by atoms with Crippen LogP contribution in [-0.4, -0.2) is 23.1 Å². The van der Waals surface area contributed by atoms with Gasteiger partial charge >= 0.3 is 18.0 Å². The Morgan fingerprint density at radius 3 is 1.32 bits per heavy atom. The number of hydrogen-bond acceptors (Lipinski definition) is 1. The van der Waals surface area contributed by atoms with E-state index in [0.717, 1.165) is 0 Å². The largest absolute Gasteiger partial charge is 0.459 e. The normalized spacial score (nSPS) is 16.1. The minimum atomic E-state index is -6.82. The third-order valence-electron chi connectivity index (χ3n) is 3.13. The molecule has 0 saturated carbocycles. The van der Waals surface area contributed by atoms with Gasteiger partial charge in [0.15, 0.2) is 23.3 Å². The predicted octanol–water partition coefficient (Wildman–Crippen LogP) is 4.81. The predicted molar refractivity (Wildman–Crippen MR) is 56.4 cm³/mol. The molecule has 0 bridgehead atoms. The molecule has 1 unspecified atom stereocenters. The summed E-state index contributed by atoms with van der Waals surface area (Å²) >= 11 is 0. The standard InChI is InChI=1S/C12H6F12O/c1-9(25,2-10(18,19)11(20,21)12(22,23)24)3-4(13)6(15)8(17)7(16)5(3)14/h25H,2H2,1H3. The molecule has 1 nitrogen and oxygen atoms in total. The SMILES string of the molecule is CC(O)(CC(F)(F)C(F)(F)C(F)(F)F)c1c(F)c(F)c(F)c(F)c1F. The Labute approximate surface area is 130 Å². The molecule has 25 heavy (non-hydrogen) atoms. The van der Waals surface area contributed by atoms with Crippen LogP contribution in [0.25, 0.3) is 0 Å². The fraction of sp³-hybridized carbons (Fsp3) is 0.500. The van der Waals surface area contributed by atoms with Crippen molar-refractivity contribution in [3.8, 4) is 0 Å². The van der Waals surface area contributed by atoms with Crippen LogP contribution in [0.5, 0.6) is 0 Å². The van der Waals surface area contributed by atoms with E-state index in [1.165, 1.54) is 0 Å². The van der Waals surface area contributed by atoms with E-state index in [1.807, 2.05) is 0 Å². The first-order valence-corrected chi connectivity index (χ1v) is 5.95. The molecule has 0 fully saturated rings. The van der Waals surface area contributed by atoms with E-state index in [1.54, 1.807) is 0 Å². The third-order valence-corrected chi connectivity index (χ3v) is 3.13. The molecular formula is C12H6F12O. The molecule has 0 aliphatic carbocycles. The van der Waals surface area contributed by atoms with E-state index in [9.17, 15) is 57.8 Å². The van der Waals surface area contributed by atoms with Crippen molar-refractivity contribution < 1.29 is 57.8 Å². The first-order chi connectivity index (χ1) is 10.9. The zero-order valence-electron chi connectivity index (χ0n) is 11.7. The number of hydrogen-bond donors (Lipinski definition) is 1. The fourth-order valence-corrected chi connectivity index (χ4v) is 1.92. The van der Waals surface area contributed by atoms with Crippen LogP contribution in [0.15, 0.2) is 0 Å². The van der Waals surface area contributed by atoms with Gasteiger partial charge in [0.25, 0.3) is 0 Å². The lowest BCUT2D eigenvalue weighted by molar-refractivity contribution is -0.361. The monoisotopic (exact) mass is 394 g/mol. The van der Waals surface area contributed by atoms with Crippen molar-refractivity contribution in [1.82, 2.24) is 0 Å². The van der Waals surface area contributed by atoms with Gasteiger partial charge in [-0.05, 0) is 6.92 Å². The summed E-state index contributed by atoms with van der Waals surface area (Å²) in [6.45, 7) is -0.106. The zero-order chi connectivity index (χ0) is 20.2. The van der Waals surface area contributed by atoms with Gasteiger partial charge in [-0.15, -0.1) is 0 Å². The second-order valence-electron chi connectivity index (χ2n) is 5.17. The maximum Gasteiger partial charge on any atom is 0.459 e. The summed E-state index contributed by atoms with van der Waals surface area (Å²) in [5, 5.41) is 9.54. The van der Waals surface area contributed by atoms with Crippen LogP contribution in [0.3, 0.4) is 0 Å². The van der Waals surface area contributed by atoms with E-state index in [0.29, 0.717) is 0 Å². The molecule has 1 atom stereocenters. The van der Waals surface area contributed by atoms with Crippen molar-refractivity contribution >= 4 is 0 Å².